The fourth-order valence-corrected chi connectivity index (χ4v) is 3.83. The molecule has 0 aromatic carbocycles. The molecule has 3 aromatic heterocycles. The van der Waals surface area contributed by atoms with Crippen molar-refractivity contribution in [3.63, 3.8) is 0 Å². The minimum Gasteiger partial charge on any atom is -0.302 e. The van der Waals surface area contributed by atoms with Crippen molar-refractivity contribution < 1.29 is 0 Å². The molecule has 0 atom stereocenters. The molecule has 0 radical (unpaired) electrons. The van der Waals surface area contributed by atoms with E-state index in [4.69, 9.17) is 4.98 Å². The number of imidazole rings is 1. The van der Waals surface area contributed by atoms with Gasteiger partial charge in [0.1, 0.15) is 0 Å². The van der Waals surface area contributed by atoms with E-state index in [2.05, 4.69) is 44.0 Å². The number of rotatable bonds is 0. The summed E-state index contributed by atoms with van der Waals surface area (Å²) < 4.78 is 3.27. The highest BCUT2D eigenvalue weighted by Crippen LogP contribution is 2.37. The van der Waals surface area contributed by atoms with E-state index in [1.54, 1.807) is 0 Å². The van der Waals surface area contributed by atoms with Crippen molar-refractivity contribution in [1.29, 1.82) is 0 Å². The summed E-state index contributed by atoms with van der Waals surface area (Å²) in [6.45, 7) is 0. The maximum atomic E-state index is 4.79. The van der Waals surface area contributed by atoms with E-state index < -0.39 is 0 Å². The van der Waals surface area contributed by atoms with Crippen molar-refractivity contribution >= 4 is 32.9 Å². The summed E-state index contributed by atoms with van der Waals surface area (Å²) in [5, 5.41) is 2.17. The van der Waals surface area contributed by atoms with Gasteiger partial charge in [0.2, 0.25) is 0 Å². The number of pyridine rings is 1. The lowest BCUT2D eigenvalue weighted by atomic mass is 10.0. The Bertz CT molecular complexity index is 726. The van der Waals surface area contributed by atoms with E-state index in [1.807, 2.05) is 17.4 Å². The van der Waals surface area contributed by atoms with Gasteiger partial charge >= 0.3 is 0 Å². The molecule has 0 aliphatic heterocycles. The van der Waals surface area contributed by atoms with Crippen molar-refractivity contribution in [2.24, 2.45) is 0 Å². The second-order valence-corrected chi connectivity index (χ2v) is 6.07. The zero-order valence-electron chi connectivity index (χ0n) is 8.98. The van der Waals surface area contributed by atoms with Crippen LogP contribution in [0, 0.1) is 0 Å². The predicted octanol–water partition coefficient (Wildman–Crippen LogP) is 3.92. The summed E-state index contributed by atoms with van der Waals surface area (Å²) in [4.78, 5) is 6.26. The standard InChI is InChI=1S/C13H9BrN2S/c14-9-2-1-6-16-10-3-4-11-8(5-7-17-11)12(10)15-13(9)16/h1-2,5-7H,3-4H2. The molecule has 3 aromatic rings. The van der Waals surface area contributed by atoms with Crippen molar-refractivity contribution in [1.82, 2.24) is 9.38 Å². The Morgan fingerprint density at radius 1 is 1.29 bits per heavy atom. The molecule has 0 saturated heterocycles. The number of aromatic nitrogens is 2. The lowest BCUT2D eigenvalue weighted by molar-refractivity contribution is 0.894. The van der Waals surface area contributed by atoms with Crippen LogP contribution in [-0.2, 0) is 12.8 Å². The Hall–Kier alpha value is -1.13. The summed E-state index contributed by atoms with van der Waals surface area (Å²) in [7, 11) is 0. The number of thiophene rings is 1. The maximum Gasteiger partial charge on any atom is 0.152 e. The van der Waals surface area contributed by atoms with Gasteiger partial charge in [-0.2, -0.15) is 0 Å². The minimum atomic E-state index is 1.02. The molecular formula is C13H9BrN2S. The zero-order valence-corrected chi connectivity index (χ0v) is 11.4. The Morgan fingerprint density at radius 2 is 2.24 bits per heavy atom. The second kappa shape index (κ2) is 3.43. The van der Waals surface area contributed by atoms with E-state index in [0.717, 1.165) is 23.0 Å². The van der Waals surface area contributed by atoms with Gasteiger partial charge in [-0.25, -0.2) is 4.98 Å². The predicted molar refractivity (Wildman–Crippen MR) is 73.6 cm³/mol. The van der Waals surface area contributed by atoms with E-state index >= 15 is 0 Å². The summed E-state index contributed by atoms with van der Waals surface area (Å²) in [6, 6.07) is 6.29. The molecule has 0 bridgehead atoms. The van der Waals surface area contributed by atoms with Crippen LogP contribution in [-0.4, -0.2) is 9.38 Å². The lowest BCUT2D eigenvalue weighted by Crippen LogP contribution is -2.02. The Balaban J connectivity index is 2.14. The van der Waals surface area contributed by atoms with Crippen molar-refractivity contribution in [3.8, 4) is 11.3 Å². The van der Waals surface area contributed by atoms with Gasteiger partial charge in [0.25, 0.3) is 0 Å². The van der Waals surface area contributed by atoms with Gasteiger partial charge in [-0.1, -0.05) is 0 Å². The van der Waals surface area contributed by atoms with Gasteiger partial charge in [0.05, 0.1) is 15.9 Å². The van der Waals surface area contributed by atoms with Crippen LogP contribution in [0.3, 0.4) is 0 Å². The average molecular weight is 305 g/mol. The van der Waals surface area contributed by atoms with E-state index in [9.17, 15) is 0 Å². The first kappa shape index (κ1) is 9.85. The van der Waals surface area contributed by atoms with E-state index in [-0.39, 0.29) is 0 Å². The van der Waals surface area contributed by atoms with Crippen LogP contribution >= 0.6 is 27.3 Å². The molecule has 0 saturated carbocycles. The van der Waals surface area contributed by atoms with Crippen LogP contribution in [0.4, 0.5) is 0 Å². The first-order valence-corrected chi connectivity index (χ1v) is 7.24. The molecule has 0 amide bonds. The highest BCUT2D eigenvalue weighted by Gasteiger charge is 2.22. The summed E-state index contributed by atoms with van der Waals surface area (Å²) in [6.07, 6.45) is 4.32. The number of halogens is 1. The van der Waals surface area contributed by atoms with Gasteiger partial charge in [-0.05, 0) is 52.4 Å². The molecular weight excluding hydrogens is 296 g/mol. The second-order valence-electron chi connectivity index (χ2n) is 4.21. The Labute approximate surface area is 111 Å². The quantitative estimate of drug-likeness (QED) is 0.615. The first-order valence-electron chi connectivity index (χ1n) is 5.57. The molecule has 0 fully saturated rings. The van der Waals surface area contributed by atoms with Gasteiger partial charge < -0.3 is 4.40 Å². The highest BCUT2D eigenvalue weighted by molar-refractivity contribution is 9.10. The summed E-state index contributed by atoms with van der Waals surface area (Å²) >= 11 is 5.42. The first-order chi connectivity index (χ1) is 8.34. The number of aryl methyl sites for hydroxylation is 2. The molecule has 0 spiro atoms. The summed E-state index contributed by atoms with van der Waals surface area (Å²) in [5.74, 6) is 0. The number of hydrogen-bond acceptors (Lipinski definition) is 2. The third kappa shape index (κ3) is 1.28. The molecule has 1 aliphatic rings. The van der Waals surface area contributed by atoms with Gasteiger partial charge in [0.15, 0.2) is 5.65 Å². The molecule has 1 aliphatic carbocycles. The van der Waals surface area contributed by atoms with Crippen LogP contribution in [0.1, 0.15) is 10.6 Å². The molecule has 0 unspecified atom stereocenters. The molecule has 2 nitrogen and oxygen atoms in total. The molecule has 3 heterocycles. The fraction of sp³-hybridized carbons (Fsp3) is 0.154. The highest BCUT2D eigenvalue weighted by atomic mass is 79.9. The SMILES string of the molecule is Brc1cccn2c3c(nc12)-c1ccsc1CC3. The third-order valence-corrected chi connectivity index (χ3v) is 4.89. The smallest absolute Gasteiger partial charge is 0.152 e. The van der Waals surface area contributed by atoms with Crippen molar-refractivity contribution in [2.75, 3.05) is 0 Å². The topological polar surface area (TPSA) is 17.3 Å². The Kier molecular flexibility index (Phi) is 1.99. The van der Waals surface area contributed by atoms with Crippen LogP contribution < -0.4 is 0 Å². The normalized spacial score (nSPS) is 13.7. The monoisotopic (exact) mass is 304 g/mol. The van der Waals surface area contributed by atoms with Crippen LogP contribution in [0.5, 0.6) is 0 Å². The molecule has 17 heavy (non-hydrogen) atoms. The van der Waals surface area contributed by atoms with E-state index in [1.165, 1.54) is 21.8 Å². The zero-order chi connectivity index (χ0) is 11.4. The van der Waals surface area contributed by atoms with Gasteiger partial charge in [0, 0.05) is 16.6 Å². The minimum absolute atomic E-state index is 1.02. The largest absolute Gasteiger partial charge is 0.302 e. The molecule has 4 rings (SSSR count). The number of nitrogens with zero attached hydrogens (tertiary/aromatic N) is 2. The lowest BCUT2D eigenvalue weighted by Gasteiger charge is -2.11. The van der Waals surface area contributed by atoms with Crippen LogP contribution in [0.15, 0.2) is 34.2 Å². The number of fused-ring (bicyclic) bond motifs is 5. The van der Waals surface area contributed by atoms with Gasteiger partial charge in [-0.3, -0.25) is 0 Å². The third-order valence-electron chi connectivity index (χ3n) is 3.29. The summed E-state index contributed by atoms with van der Waals surface area (Å²) in [5.41, 5.74) is 4.86. The molecule has 0 N–H and O–H groups in total. The van der Waals surface area contributed by atoms with Crippen molar-refractivity contribution in [2.45, 2.75) is 12.8 Å². The van der Waals surface area contributed by atoms with Crippen LogP contribution in [0.25, 0.3) is 16.9 Å². The fourth-order valence-electron chi connectivity index (χ4n) is 2.52. The molecule has 4 heteroatoms. The maximum absolute atomic E-state index is 4.79. The molecule has 84 valence electrons. The van der Waals surface area contributed by atoms with Gasteiger partial charge in [-0.15, -0.1) is 11.3 Å². The van der Waals surface area contributed by atoms with Crippen LogP contribution in [0.2, 0.25) is 0 Å². The number of hydrogen-bond donors (Lipinski definition) is 0. The van der Waals surface area contributed by atoms with E-state index in [0.29, 0.717) is 0 Å². The van der Waals surface area contributed by atoms with Crippen molar-refractivity contribution in [3.05, 3.63) is 44.8 Å². The average Bonchev–Trinajstić information content (AvgIpc) is 2.91. The Morgan fingerprint density at radius 3 is 3.18 bits per heavy atom.